The average molecular weight is 498 g/mol. The first-order chi connectivity index (χ1) is 17.9. The third kappa shape index (κ3) is 4.16. The van der Waals surface area contributed by atoms with E-state index in [-0.39, 0.29) is 5.41 Å². The predicted octanol–water partition coefficient (Wildman–Crippen LogP) is 10.0. The minimum atomic E-state index is -0.0643. The maximum atomic E-state index is 4.34. The highest BCUT2D eigenvalue weighted by atomic mass is 32.2. The normalized spacial score (nSPS) is 17.0. The van der Waals surface area contributed by atoms with Crippen molar-refractivity contribution >= 4 is 28.8 Å². The first-order valence-electron chi connectivity index (χ1n) is 12.9. The van der Waals surface area contributed by atoms with Crippen LogP contribution < -0.4 is 4.90 Å². The Morgan fingerprint density at radius 1 is 0.784 bits per heavy atom. The van der Waals surface area contributed by atoms with Crippen LogP contribution in [0.25, 0.3) is 11.1 Å². The third-order valence-electron chi connectivity index (χ3n) is 7.49. The number of aryl methyl sites for hydroxylation is 1. The van der Waals surface area contributed by atoms with E-state index in [1.165, 1.54) is 49.7 Å². The van der Waals surface area contributed by atoms with Gasteiger partial charge >= 0.3 is 0 Å². The van der Waals surface area contributed by atoms with Crippen LogP contribution in [0.4, 0.5) is 17.1 Å². The van der Waals surface area contributed by atoms with Crippen LogP contribution in [0.5, 0.6) is 0 Å². The Morgan fingerprint density at radius 3 is 2.35 bits per heavy atom. The van der Waals surface area contributed by atoms with Crippen molar-refractivity contribution in [3.63, 3.8) is 0 Å². The number of para-hydroxylation sites is 1. The van der Waals surface area contributed by atoms with Crippen LogP contribution in [0.3, 0.4) is 0 Å². The number of hydrogen-bond acceptors (Lipinski definition) is 2. The topological polar surface area (TPSA) is 3.24 Å². The van der Waals surface area contributed by atoms with Gasteiger partial charge in [-0.25, -0.2) is 0 Å². The highest BCUT2D eigenvalue weighted by Crippen LogP contribution is 2.55. The zero-order valence-electron chi connectivity index (χ0n) is 21.7. The van der Waals surface area contributed by atoms with Crippen LogP contribution in [-0.4, -0.2) is 0 Å². The zero-order chi connectivity index (χ0) is 25.6. The molecule has 6 rings (SSSR count). The van der Waals surface area contributed by atoms with Crippen molar-refractivity contribution in [2.24, 2.45) is 0 Å². The van der Waals surface area contributed by atoms with Crippen LogP contribution in [0.1, 0.15) is 36.1 Å². The van der Waals surface area contributed by atoms with Gasteiger partial charge in [0.15, 0.2) is 0 Å². The minimum absolute atomic E-state index is 0.0643. The lowest BCUT2D eigenvalue weighted by atomic mass is 9.82. The van der Waals surface area contributed by atoms with Crippen LogP contribution in [0.15, 0.2) is 126 Å². The number of nitrogens with zero attached hydrogens (tertiary/aromatic N) is 1. The van der Waals surface area contributed by atoms with Gasteiger partial charge in [0.1, 0.15) is 0 Å². The number of anilines is 3. The Labute approximate surface area is 224 Å². The minimum Gasteiger partial charge on any atom is -0.310 e. The lowest BCUT2D eigenvalue weighted by Crippen LogP contribution is -2.15. The molecule has 1 heterocycles. The van der Waals surface area contributed by atoms with Crippen molar-refractivity contribution in [3.8, 4) is 11.1 Å². The first kappa shape index (κ1) is 23.6. The van der Waals surface area contributed by atoms with Gasteiger partial charge in [-0.05, 0) is 83.6 Å². The summed E-state index contributed by atoms with van der Waals surface area (Å²) >= 11 is 1.80. The maximum Gasteiger partial charge on any atom is 0.0468 e. The van der Waals surface area contributed by atoms with Crippen molar-refractivity contribution in [3.05, 3.63) is 143 Å². The van der Waals surface area contributed by atoms with E-state index in [0.29, 0.717) is 0 Å². The molecule has 1 aliphatic heterocycles. The monoisotopic (exact) mass is 497 g/mol. The molecule has 0 aromatic heterocycles. The van der Waals surface area contributed by atoms with Gasteiger partial charge < -0.3 is 4.90 Å². The molecule has 0 N–H and O–H groups in total. The van der Waals surface area contributed by atoms with E-state index in [1.54, 1.807) is 11.8 Å². The standard InChI is InChI=1S/C35H31NS/c1-24-12-11-17-28(22-24)36(27-15-9-6-10-16-27)29-19-21-31-30(23-29)33-32(35(31,3)4)20-18-26-14-8-5-7-13-25(2)37-34(26)33/h5-13,15-23H,2,14H2,1,3-4H3/b8-5-,13-7-. The van der Waals surface area contributed by atoms with Gasteiger partial charge in [0.25, 0.3) is 0 Å². The van der Waals surface area contributed by atoms with Gasteiger partial charge in [0, 0.05) is 37.8 Å². The molecule has 0 saturated heterocycles. The Balaban J connectivity index is 1.58. The summed E-state index contributed by atoms with van der Waals surface area (Å²) in [5.41, 5.74) is 11.5. The molecule has 0 amide bonds. The van der Waals surface area contributed by atoms with Gasteiger partial charge in [-0.3, -0.25) is 0 Å². The summed E-state index contributed by atoms with van der Waals surface area (Å²) in [5, 5.41) is 0. The molecule has 1 aliphatic carbocycles. The zero-order valence-corrected chi connectivity index (χ0v) is 22.5. The van der Waals surface area contributed by atoms with Gasteiger partial charge in [-0.2, -0.15) is 0 Å². The molecule has 4 aromatic carbocycles. The highest BCUT2D eigenvalue weighted by Gasteiger charge is 2.38. The van der Waals surface area contributed by atoms with Crippen molar-refractivity contribution in [2.45, 2.75) is 37.5 Å². The van der Waals surface area contributed by atoms with Gasteiger partial charge in [0.05, 0.1) is 0 Å². The fourth-order valence-electron chi connectivity index (χ4n) is 5.65. The predicted molar refractivity (Wildman–Crippen MR) is 160 cm³/mol. The average Bonchev–Trinajstić information content (AvgIpc) is 3.17. The van der Waals surface area contributed by atoms with Crippen LogP contribution in [0, 0.1) is 6.92 Å². The fourth-order valence-corrected chi connectivity index (χ4v) is 6.67. The molecule has 37 heavy (non-hydrogen) atoms. The van der Waals surface area contributed by atoms with Crippen molar-refractivity contribution < 1.29 is 0 Å². The first-order valence-corrected chi connectivity index (χ1v) is 13.7. The number of fused-ring (bicyclic) bond motifs is 5. The van der Waals surface area contributed by atoms with Gasteiger partial charge in [-0.15, -0.1) is 0 Å². The van der Waals surface area contributed by atoms with Gasteiger partial charge in [0.2, 0.25) is 0 Å². The van der Waals surface area contributed by atoms with Crippen molar-refractivity contribution in [1.29, 1.82) is 0 Å². The molecule has 0 radical (unpaired) electrons. The molecule has 0 atom stereocenters. The number of thioether (sulfide) groups is 1. The van der Waals surface area contributed by atoms with E-state index < -0.39 is 0 Å². The SMILES string of the molecule is C=C1/C=C\C=C/Cc2ccc3c(c2S1)-c1cc(N(c2ccccc2)c2cccc(C)c2)ccc1C3(C)C. The van der Waals surface area contributed by atoms with E-state index >= 15 is 0 Å². The van der Waals surface area contributed by atoms with E-state index in [1.807, 2.05) is 0 Å². The van der Waals surface area contributed by atoms with Gasteiger partial charge in [-0.1, -0.05) is 98.9 Å². The number of benzene rings is 4. The summed E-state index contributed by atoms with van der Waals surface area (Å²) in [6.45, 7) is 11.2. The smallest absolute Gasteiger partial charge is 0.0468 e. The molecule has 0 unspecified atom stereocenters. The molecule has 2 aliphatic rings. The van der Waals surface area contributed by atoms with E-state index in [9.17, 15) is 0 Å². The molecule has 0 spiro atoms. The van der Waals surface area contributed by atoms with E-state index in [2.05, 4.69) is 141 Å². The Hall–Kier alpha value is -3.75. The lowest BCUT2D eigenvalue weighted by Gasteiger charge is -2.27. The Morgan fingerprint density at radius 2 is 1.54 bits per heavy atom. The summed E-state index contributed by atoms with van der Waals surface area (Å²) in [6.07, 6.45) is 9.50. The van der Waals surface area contributed by atoms with Crippen LogP contribution >= 0.6 is 11.8 Å². The van der Waals surface area contributed by atoms with Crippen LogP contribution in [-0.2, 0) is 11.8 Å². The Kier molecular flexibility index (Phi) is 5.93. The number of allylic oxidation sites excluding steroid dienone is 4. The fraction of sp³-hybridized carbons (Fsp3) is 0.143. The maximum absolute atomic E-state index is 4.34. The van der Waals surface area contributed by atoms with E-state index in [0.717, 1.165) is 17.0 Å². The second kappa shape index (κ2) is 9.28. The lowest BCUT2D eigenvalue weighted by molar-refractivity contribution is 0.659. The molecular weight excluding hydrogens is 466 g/mol. The number of hydrogen-bond donors (Lipinski definition) is 0. The van der Waals surface area contributed by atoms with Crippen LogP contribution in [0.2, 0.25) is 0 Å². The van der Waals surface area contributed by atoms with Crippen molar-refractivity contribution in [2.75, 3.05) is 4.90 Å². The summed E-state index contributed by atoms with van der Waals surface area (Å²) < 4.78 is 0. The number of rotatable bonds is 3. The molecule has 4 aromatic rings. The third-order valence-corrected chi connectivity index (χ3v) is 8.56. The molecule has 182 valence electrons. The molecule has 0 saturated carbocycles. The summed E-state index contributed by atoms with van der Waals surface area (Å²) in [7, 11) is 0. The summed E-state index contributed by atoms with van der Waals surface area (Å²) in [4.78, 5) is 4.77. The molecular formula is C35H31NS. The van der Waals surface area contributed by atoms with E-state index in [4.69, 9.17) is 0 Å². The molecule has 0 fully saturated rings. The highest BCUT2D eigenvalue weighted by molar-refractivity contribution is 8.03. The summed E-state index contributed by atoms with van der Waals surface area (Å²) in [6, 6.07) is 31.1. The summed E-state index contributed by atoms with van der Waals surface area (Å²) in [5.74, 6) is 0. The second-order valence-corrected chi connectivity index (χ2v) is 11.5. The second-order valence-electron chi connectivity index (χ2n) is 10.4. The molecule has 1 nitrogen and oxygen atoms in total. The molecule has 0 bridgehead atoms. The van der Waals surface area contributed by atoms with Crippen molar-refractivity contribution in [1.82, 2.24) is 0 Å². The quantitative estimate of drug-likeness (QED) is 0.277. The molecule has 2 heteroatoms. The largest absolute Gasteiger partial charge is 0.310 e. The Bertz CT molecular complexity index is 1570.